The molecule has 4 rings (SSSR count). The molecule has 3 aromatic carbocycles. The predicted molar refractivity (Wildman–Crippen MR) is 112 cm³/mol. The summed E-state index contributed by atoms with van der Waals surface area (Å²) in [6, 6.07) is 20.0. The Kier molecular flexibility index (Phi) is 4.70. The Morgan fingerprint density at radius 3 is 1.89 bits per heavy atom. The van der Waals surface area contributed by atoms with Gasteiger partial charge in [-0.2, -0.15) is 9.97 Å². The van der Waals surface area contributed by atoms with Crippen molar-refractivity contribution in [3.63, 3.8) is 0 Å². The minimum absolute atomic E-state index is 0.271. The molecule has 0 aliphatic carbocycles. The van der Waals surface area contributed by atoms with Crippen molar-refractivity contribution < 1.29 is 9.47 Å². The molecule has 0 saturated heterocycles. The minimum Gasteiger partial charge on any atom is -0.438 e. The Labute approximate surface area is 164 Å². The molecule has 4 aromatic rings. The van der Waals surface area contributed by atoms with Gasteiger partial charge in [0.25, 0.3) is 0 Å². The lowest BCUT2D eigenvalue weighted by Crippen LogP contribution is -1.99. The predicted octanol–water partition coefficient (Wildman–Crippen LogP) is 6.45. The highest BCUT2D eigenvalue weighted by atomic mass is 16.5. The van der Waals surface area contributed by atoms with E-state index in [2.05, 4.69) is 35.9 Å². The number of ether oxygens (including phenoxy) is 2. The largest absolute Gasteiger partial charge is 0.438 e. The fourth-order valence-electron chi connectivity index (χ4n) is 3.02. The summed E-state index contributed by atoms with van der Waals surface area (Å²) < 4.78 is 12.2. The summed E-state index contributed by atoms with van der Waals surface area (Å²) in [7, 11) is 0. The van der Waals surface area contributed by atoms with Crippen LogP contribution >= 0.6 is 0 Å². The molecule has 0 saturated carbocycles. The molecule has 140 valence electrons. The molecule has 0 spiro atoms. The second-order valence-electron chi connectivity index (χ2n) is 6.93. The molecule has 1 aromatic heterocycles. The maximum absolute atomic E-state index is 6.20. The Bertz CT molecular complexity index is 1170. The van der Waals surface area contributed by atoms with Crippen molar-refractivity contribution in [1.82, 2.24) is 9.97 Å². The number of rotatable bonds is 4. The molecule has 0 fully saturated rings. The van der Waals surface area contributed by atoms with Crippen molar-refractivity contribution in [1.29, 1.82) is 0 Å². The van der Waals surface area contributed by atoms with Gasteiger partial charge in [-0.1, -0.05) is 36.4 Å². The highest BCUT2D eigenvalue weighted by Gasteiger charge is 2.14. The van der Waals surface area contributed by atoms with E-state index in [9.17, 15) is 0 Å². The van der Waals surface area contributed by atoms with Gasteiger partial charge in [-0.25, -0.2) is 0 Å². The van der Waals surface area contributed by atoms with Crippen molar-refractivity contribution in [2.45, 2.75) is 27.7 Å². The molecule has 1 heterocycles. The van der Waals surface area contributed by atoms with E-state index in [0.29, 0.717) is 5.88 Å². The third-order valence-corrected chi connectivity index (χ3v) is 5.07. The van der Waals surface area contributed by atoms with Crippen LogP contribution in [0.4, 0.5) is 0 Å². The van der Waals surface area contributed by atoms with Crippen molar-refractivity contribution in [3.05, 3.63) is 82.9 Å². The van der Waals surface area contributed by atoms with E-state index in [1.54, 1.807) is 0 Å². The van der Waals surface area contributed by atoms with Gasteiger partial charge in [0.15, 0.2) is 0 Å². The van der Waals surface area contributed by atoms with Gasteiger partial charge in [0.2, 0.25) is 5.88 Å². The van der Waals surface area contributed by atoms with Crippen LogP contribution in [0.1, 0.15) is 22.3 Å². The number of fused-ring (bicyclic) bond motifs is 1. The zero-order chi connectivity index (χ0) is 19.7. The lowest BCUT2D eigenvalue weighted by Gasteiger charge is -2.14. The number of hydrogen-bond acceptors (Lipinski definition) is 4. The first kappa shape index (κ1) is 18.0. The van der Waals surface area contributed by atoms with Crippen LogP contribution in [0.15, 0.2) is 60.7 Å². The highest BCUT2D eigenvalue weighted by Crippen LogP contribution is 2.33. The van der Waals surface area contributed by atoms with E-state index < -0.39 is 0 Å². The fourth-order valence-corrected chi connectivity index (χ4v) is 3.02. The van der Waals surface area contributed by atoms with E-state index in [4.69, 9.17) is 9.47 Å². The second kappa shape index (κ2) is 7.31. The Morgan fingerprint density at radius 2 is 1.21 bits per heavy atom. The molecule has 4 nitrogen and oxygen atoms in total. The van der Waals surface area contributed by atoms with Gasteiger partial charge in [0.1, 0.15) is 11.5 Å². The maximum atomic E-state index is 6.20. The lowest BCUT2D eigenvalue weighted by atomic mass is 10.1. The molecule has 0 aliphatic heterocycles. The first-order valence-corrected chi connectivity index (χ1v) is 9.28. The quantitative estimate of drug-likeness (QED) is 0.414. The SMILES string of the molecule is Cc1cccc(Oc2nc(Oc3cccc(C)c3C)c3ccccc3n2)c1C. The molecule has 4 heteroatoms. The van der Waals surface area contributed by atoms with Crippen LogP contribution in [0.2, 0.25) is 0 Å². The smallest absolute Gasteiger partial charge is 0.325 e. The summed E-state index contributed by atoms with van der Waals surface area (Å²) in [5, 5.41) is 0.844. The van der Waals surface area contributed by atoms with Crippen LogP contribution in [0, 0.1) is 27.7 Å². The van der Waals surface area contributed by atoms with Gasteiger partial charge < -0.3 is 9.47 Å². The van der Waals surface area contributed by atoms with Gasteiger partial charge in [0, 0.05) is 0 Å². The van der Waals surface area contributed by atoms with Crippen molar-refractivity contribution in [2.24, 2.45) is 0 Å². The van der Waals surface area contributed by atoms with Crippen molar-refractivity contribution in [3.8, 4) is 23.4 Å². The summed E-state index contributed by atoms with van der Waals surface area (Å²) >= 11 is 0. The molecule has 0 unspecified atom stereocenters. The van der Waals surface area contributed by atoms with Crippen molar-refractivity contribution >= 4 is 10.9 Å². The molecule has 0 atom stereocenters. The molecular weight excluding hydrogens is 348 g/mol. The molecule has 0 radical (unpaired) electrons. The average Bonchev–Trinajstić information content (AvgIpc) is 2.69. The maximum Gasteiger partial charge on any atom is 0.325 e. The number of aromatic nitrogens is 2. The molecule has 0 aliphatic rings. The van der Waals surface area contributed by atoms with Crippen LogP contribution in [0.3, 0.4) is 0 Å². The Balaban J connectivity index is 1.79. The third kappa shape index (κ3) is 3.41. The van der Waals surface area contributed by atoms with Gasteiger partial charge in [-0.05, 0) is 74.2 Å². The summed E-state index contributed by atoms with van der Waals surface area (Å²) in [5.74, 6) is 2.01. The van der Waals surface area contributed by atoms with Crippen molar-refractivity contribution in [2.75, 3.05) is 0 Å². The summed E-state index contributed by atoms with van der Waals surface area (Å²) in [4.78, 5) is 9.15. The standard InChI is InChI=1S/C24H22N2O2/c1-15-9-7-13-21(17(15)3)27-23-19-11-5-6-12-20(19)25-24(26-23)28-22-14-8-10-16(2)18(22)4/h5-14H,1-4H3. The van der Waals surface area contributed by atoms with E-state index >= 15 is 0 Å². The molecule has 0 amide bonds. The normalized spacial score (nSPS) is 10.9. The average molecular weight is 370 g/mol. The summed E-state index contributed by atoms with van der Waals surface area (Å²) in [6.07, 6.45) is 0. The lowest BCUT2D eigenvalue weighted by molar-refractivity contribution is 0.414. The fraction of sp³-hybridized carbons (Fsp3) is 0.167. The summed E-state index contributed by atoms with van der Waals surface area (Å²) in [5.41, 5.74) is 5.25. The van der Waals surface area contributed by atoms with Crippen LogP contribution in [0.5, 0.6) is 23.4 Å². The van der Waals surface area contributed by atoms with Gasteiger partial charge in [-0.3, -0.25) is 0 Å². The van der Waals surface area contributed by atoms with Gasteiger partial charge in [-0.15, -0.1) is 0 Å². The zero-order valence-electron chi connectivity index (χ0n) is 16.5. The van der Waals surface area contributed by atoms with Crippen LogP contribution < -0.4 is 9.47 Å². The number of nitrogens with zero attached hydrogens (tertiary/aromatic N) is 2. The first-order valence-electron chi connectivity index (χ1n) is 9.28. The number of para-hydroxylation sites is 1. The van der Waals surface area contributed by atoms with Crippen LogP contribution in [-0.4, -0.2) is 9.97 Å². The monoisotopic (exact) mass is 370 g/mol. The third-order valence-electron chi connectivity index (χ3n) is 5.07. The Hall–Kier alpha value is -3.40. The van der Waals surface area contributed by atoms with E-state index in [-0.39, 0.29) is 6.01 Å². The summed E-state index contributed by atoms with van der Waals surface area (Å²) in [6.45, 7) is 8.19. The van der Waals surface area contributed by atoms with Gasteiger partial charge in [0.05, 0.1) is 10.9 Å². The number of hydrogen-bond donors (Lipinski definition) is 0. The van der Waals surface area contributed by atoms with E-state index in [1.807, 2.05) is 62.4 Å². The number of benzene rings is 3. The molecule has 28 heavy (non-hydrogen) atoms. The van der Waals surface area contributed by atoms with Crippen LogP contribution in [-0.2, 0) is 0 Å². The Morgan fingerprint density at radius 1 is 0.607 bits per heavy atom. The zero-order valence-corrected chi connectivity index (χ0v) is 16.5. The van der Waals surface area contributed by atoms with E-state index in [0.717, 1.165) is 39.1 Å². The first-order chi connectivity index (χ1) is 13.5. The molecule has 0 N–H and O–H groups in total. The number of aryl methyl sites for hydroxylation is 2. The van der Waals surface area contributed by atoms with Crippen LogP contribution in [0.25, 0.3) is 10.9 Å². The molecule has 0 bridgehead atoms. The van der Waals surface area contributed by atoms with E-state index in [1.165, 1.54) is 5.56 Å². The topological polar surface area (TPSA) is 44.2 Å². The highest BCUT2D eigenvalue weighted by molar-refractivity contribution is 5.84. The molecular formula is C24H22N2O2. The minimum atomic E-state index is 0.271. The second-order valence-corrected chi connectivity index (χ2v) is 6.93. The van der Waals surface area contributed by atoms with Gasteiger partial charge >= 0.3 is 6.01 Å².